The van der Waals surface area contributed by atoms with E-state index in [0.29, 0.717) is 32.1 Å². The summed E-state index contributed by atoms with van der Waals surface area (Å²) in [4.78, 5) is 14.2. The minimum Gasteiger partial charge on any atom is -0.478 e. The Morgan fingerprint density at radius 1 is 1.26 bits per heavy atom. The summed E-state index contributed by atoms with van der Waals surface area (Å²) in [6.07, 6.45) is 0. The molecule has 0 atom stereocenters. The fourth-order valence-electron chi connectivity index (χ4n) is 1.99. The maximum atomic E-state index is 12.4. The third kappa shape index (κ3) is 3.70. The van der Waals surface area contributed by atoms with Gasteiger partial charge in [0.05, 0.1) is 13.2 Å². The maximum Gasteiger partial charge on any atom is 0.266 e. The van der Waals surface area contributed by atoms with E-state index < -0.39 is 5.60 Å². The average molecular weight is 328 g/mol. The molecular weight excluding hydrogens is 310 g/mol. The van der Waals surface area contributed by atoms with E-state index in [-0.39, 0.29) is 5.91 Å². The molecule has 1 saturated heterocycles. The van der Waals surface area contributed by atoms with Crippen molar-refractivity contribution in [2.75, 3.05) is 26.3 Å². The minimum absolute atomic E-state index is 0.00119. The van der Waals surface area contributed by atoms with Gasteiger partial charge in [-0.3, -0.25) is 4.79 Å². The third-order valence-corrected chi connectivity index (χ3v) is 3.53. The van der Waals surface area contributed by atoms with E-state index in [1.165, 1.54) is 0 Å². The van der Waals surface area contributed by atoms with Crippen LogP contribution in [0.2, 0.25) is 0 Å². The maximum absolute atomic E-state index is 12.4. The number of ether oxygens (including phenoxy) is 2. The summed E-state index contributed by atoms with van der Waals surface area (Å²) < 4.78 is 12.1. The normalized spacial score (nSPS) is 16.3. The SMILES string of the molecule is CC(C)(Oc1ccc(Br)cc1)C(=O)N1CCOCC1. The second-order valence-corrected chi connectivity index (χ2v) is 5.89. The number of hydrogen-bond acceptors (Lipinski definition) is 3. The highest BCUT2D eigenvalue weighted by atomic mass is 79.9. The number of rotatable bonds is 3. The van der Waals surface area contributed by atoms with Gasteiger partial charge in [-0.25, -0.2) is 0 Å². The molecule has 1 fully saturated rings. The molecule has 0 unspecified atom stereocenters. The highest BCUT2D eigenvalue weighted by molar-refractivity contribution is 9.10. The number of carbonyl (C=O) groups excluding carboxylic acids is 1. The first kappa shape index (κ1) is 14.3. The van der Waals surface area contributed by atoms with E-state index in [1.54, 1.807) is 18.7 Å². The Kier molecular flexibility index (Phi) is 4.47. The first-order valence-electron chi connectivity index (χ1n) is 6.31. The number of carbonyl (C=O) groups is 1. The van der Waals surface area contributed by atoms with Crippen LogP contribution in [0.25, 0.3) is 0 Å². The highest BCUT2D eigenvalue weighted by Gasteiger charge is 2.34. The van der Waals surface area contributed by atoms with Crippen LogP contribution in [0.5, 0.6) is 5.75 Å². The molecule has 4 nitrogen and oxygen atoms in total. The molecule has 0 N–H and O–H groups in total. The summed E-state index contributed by atoms with van der Waals surface area (Å²) >= 11 is 3.37. The van der Waals surface area contributed by atoms with Crippen molar-refractivity contribution in [2.24, 2.45) is 0 Å². The largest absolute Gasteiger partial charge is 0.478 e. The van der Waals surface area contributed by atoms with E-state index in [2.05, 4.69) is 15.9 Å². The summed E-state index contributed by atoms with van der Waals surface area (Å²) in [5.74, 6) is 0.688. The molecule has 0 bridgehead atoms. The average Bonchev–Trinajstić information content (AvgIpc) is 2.41. The smallest absolute Gasteiger partial charge is 0.266 e. The lowest BCUT2D eigenvalue weighted by Crippen LogP contribution is -2.52. The lowest BCUT2D eigenvalue weighted by Gasteiger charge is -2.34. The second kappa shape index (κ2) is 5.92. The molecule has 1 amide bonds. The number of morpholine rings is 1. The van der Waals surface area contributed by atoms with Crippen LogP contribution in [0.3, 0.4) is 0 Å². The second-order valence-electron chi connectivity index (χ2n) is 4.97. The molecule has 1 aromatic rings. The highest BCUT2D eigenvalue weighted by Crippen LogP contribution is 2.22. The molecule has 19 heavy (non-hydrogen) atoms. The van der Waals surface area contributed by atoms with Crippen molar-refractivity contribution in [3.8, 4) is 5.75 Å². The summed E-state index contributed by atoms with van der Waals surface area (Å²) in [5.41, 5.74) is -0.870. The molecule has 1 aliphatic rings. The topological polar surface area (TPSA) is 38.8 Å². The molecule has 104 valence electrons. The molecule has 1 heterocycles. The number of amides is 1. The van der Waals surface area contributed by atoms with Gasteiger partial charge in [0.2, 0.25) is 0 Å². The standard InChI is InChI=1S/C14H18BrNO3/c1-14(2,13(17)16-7-9-18-10-8-16)19-12-5-3-11(15)4-6-12/h3-6H,7-10H2,1-2H3. The molecule has 0 aliphatic carbocycles. The molecule has 5 heteroatoms. The fourth-order valence-corrected chi connectivity index (χ4v) is 2.25. The number of benzene rings is 1. The van der Waals surface area contributed by atoms with Crippen LogP contribution in [-0.4, -0.2) is 42.7 Å². The van der Waals surface area contributed by atoms with Crippen LogP contribution in [0.15, 0.2) is 28.7 Å². The third-order valence-electron chi connectivity index (χ3n) is 3.00. The van der Waals surface area contributed by atoms with Gasteiger partial charge >= 0.3 is 0 Å². The van der Waals surface area contributed by atoms with Gasteiger partial charge < -0.3 is 14.4 Å². The Labute approximate surface area is 121 Å². The van der Waals surface area contributed by atoms with Crippen LogP contribution in [-0.2, 0) is 9.53 Å². The van der Waals surface area contributed by atoms with Gasteiger partial charge in [0.25, 0.3) is 5.91 Å². The Morgan fingerprint density at radius 2 is 1.84 bits per heavy atom. The zero-order chi connectivity index (χ0) is 13.9. The van der Waals surface area contributed by atoms with Crippen molar-refractivity contribution in [1.82, 2.24) is 4.90 Å². The molecule has 0 spiro atoms. The van der Waals surface area contributed by atoms with Crippen molar-refractivity contribution in [1.29, 1.82) is 0 Å². The summed E-state index contributed by atoms with van der Waals surface area (Å²) in [6, 6.07) is 7.48. The molecule has 0 saturated carbocycles. The van der Waals surface area contributed by atoms with E-state index in [4.69, 9.17) is 9.47 Å². The van der Waals surface area contributed by atoms with Crippen molar-refractivity contribution >= 4 is 21.8 Å². The summed E-state index contributed by atoms with van der Waals surface area (Å²) in [7, 11) is 0. The molecule has 2 rings (SSSR count). The number of nitrogens with zero attached hydrogens (tertiary/aromatic N) is 1. The van der Waals surface area contributed by atoms with Crippen LogP contribution in [0, 0.1) is 0 Å². The zero-order valence-corrected chi connectivity index (χ0v) is 12.8. The Bertz CT molecular complexity index is 439. The quantitative estimate of drug-likeness (QED) is 0.856. The Balaban J connectivity index is 2.04. The van der Waals surface area contributed by atoms with Gasteiger partial charge in [-0.2, -0.15) is 0 Å². The molecular formula is C14H18BrNO3. The minimum atomic E-state index is -0.870. The predicted octanol–water partition coefficient (Wildman–Crippen LogP) is 2.47. The fraction of sp³-hybridized carbons (Fsp3) is 0.500. The van der Waals surface area contributed by atoms with Crippen molar-refractivity contribution in [2.45, 2.75) is 19.4 Å². The molecule has 1 aliphatic heterocycles. The van der Waals surface area contributed by atoms with Crippen molar-refractivity contribution < 1.29 is 14.3 Å². The summed E-state index contributed by atoms with van der Waals surface area (Å²) in [6.45, 7) is 6.05. The van der Waals surface area contributed by atoms with E-state index in [1.807, 2.05) is 24.3 Å². The van der Waals surface area contributed by atoms with Gasteiger partial charge in [0, 0.05) is 17.6 Å². The van der Waals surface area contributed by atoms with Crippen LogP contribution < -0.4 is 4.74 Å². The lowest BCUT2D eigenvalue weighted by atomic mass is 10.1. The van der Waals surface area contributed by atoms with E-state index in [9.17, 15) is 4.79 Å². The van der Waals surface area contributed by atoms with Gasteiger partial charge in [-0.1, -0.05) is 15.9 Å². The molecule has 0 aromatic heterocycles. The zero-order valence-electron chi connectivity index (χ0n) is 11.2. The van der Waals surface area contributed by atoms with E-state index in [0.717, 1.165) is 4.47 Å². The van der Waals surface area contributed by atoms with Crippen LogP contribution >= 0.6 is 15.9 Å². The number of halogens is 1. The first-order chi connectivity index (χ1) is 8.99. The van der Waals surface area contributed by atoms with Gasteiger partial charge in [-0.05, 0) is 38.1 Å². The predicted molar refractivity (Wildman–Crippen MR) is 76.2 cm³/mol. The van der Waals surface area contributed by atoms with Crippen molar-refractivity contribution in [3.63, 3.8) is 0 Å². The first-order valence-corrected chi connectivity index (χ1v) is 7.10. The van der Waals surface area contributed by atoms with Gasteiger partial charge in [-0.15, -0.1) is 0 Å². The Hall–Kier alpha value is -1.07. The van der Waals surface area contributed by atoms with Crippen molar-refractivity contribution in [3.05, 3.63) is 28.7 Å². The van der Waals surface area contributed by atoms with E-state index >= 15 is 0 Å². The molecule has 0 radical (unpaired) electrons. The van der Waals surface area contributed by atoms with Crippen LogP contribution in [0.4, 0.5) is 0 Å². The summed E-state index contributed by atoms with van der Waals surface area (Å²) in [5, 5.41) is 0. The monoisotopic (exact) mass is 327 g/mol. The number of hydrogen-bond donors (Lipinski definition) is 0. The lowest BCUT2D eigenvalue weighted by molar-refractivity contribution is -0.149. The Morgan fingerprint density at radius 3 is 2.42 bits per heavy atom. The molecule has 1 aromatic carbocycles. The van der Waals surface area contributed by atoms with Gasteiger partial charge in [0.15, 0.2) is 5.60 Å². The van der Waals surface area contributed by atoms with Crippen LogP contribution in [0.1, 0.15) is 13.8 Å². The van der Waals surface area contributed by atoms with Gasteiger partial charge in [0.1, 0.15) is 5.75 Å².